The summed E-state index contributed by atoms with van der Waals surface area (Å²) in [5.41, 5.74) is -0.272. The van der Waals surface area contributed by atoms with Crippen LogP contribution in [0.4, 0.5) is 0 Å². The Hall–Kier alpha value is -0.830. The van der Waals surface area contributed by atoms with E-state index in [9.17, 15) is 4.79 Å². The van der Waals surface area contributed by atoms with Crippen molar-refractivity contribution >= 4 is 5.91 Å². The van der Waals surface area contributed by atoms with Crippen molar-refractivity contribution in [2.45, 2.75) is 50.6 Å². The van der Waals surface area contributed by atoms with E-state index in [0.717, 1.165) is 25.8 Å². The van der Waals surface area contributed by atoms with E-state index < -0.39 is 0 Å². The van der Waals surface area contributed by atoms with Gasteiger partial charge in [0.05, 0.1) is 5.54 Å². The maximum Gasteiger partial charge on any atom is 0.243 e. The van der Waals surface area contributed by atoms with Gasteiger partial charge >= 0.3 is 0 Å². The smallest absolute Gasteiger partial charge is 0.243 e. The molecule has 1 amide bonds. The summed E-state index contributed by atoms with van der Waals surface area (Å²) in [6.45, 7) is 7.54. The van der Waals surface area contributed by atoms with Gasteiger partial charge in [0.1, 0.15) is 0 Å². The summed E-state index contributed by atoms with van der Waals surface area (Å²) in [6.07, 6.45) is 7.17. The van der Waals surface area contributed by atoms with Crippen molar-refractivity contribution < 1.29 is 4.79 Å². The molecule has 2 rings (SSSR count). The molecule has 1 aliphatic heterocycles. The number of carbonyl (C=O) groups is 1. The summed E-state index contributed by atoms with van der Waals surface area (Å²) in [5.74, 6) is 0.301. The standard InChI is InChI=1S/C13H22N2O/c1-3-10-15(11-6-7-11)12(16)13(4-2)8-5-9-14-13/h3,11,14H,1,4-10H2,2H3. The van der Waals surface area contributed by atoms with E-state index in [1.54, 1.807) is 0 Å². The summed E-state index contributed by atoms with van der Waals surface area (Å²) in [4.78, 5) is 14.6. The van der Waals surface area contributed by atoms with Crippen molar-refractivity contribution in [1.82, 2.24) is 10.2 Å². The Labute approximate surface area is 97.9 Å². The number of carbonyl (C=O) groups excluding carboxylic acids is 1. The second-order valence-electron chi connectivity index (χ2n) is 4.94. The van der Waals surface area contributed by atoms with Gasteiger partial charge in [0, 0.05) is 12.6 Å². The van der Waals surface area contributed by atoms with Crippen LogP contribution in [-0.4, -0.2) is 35.5 Å². The first-order chi connectivity index (χ1) is 7.73. The highest BCUT2D eigenvalue weighted by molar-refractivity contribution is 5.87. The fourth-order valence-corrected chi connectivity index (χ4v) is 2.64. The summed E-state index contributed by atoms with van der Waals surface area (Å²) in [6, 6.07) is 0.483. The Morgan fingerprint density at radius 3 is 2.81 bits per heavy atom. The molecule has 0 aromatic carbocycles. The first-order valence-electron chi connectivity index (χ1n) is 6.40. The van der Waals surface area contributed by atoms with Crippen LogP contribution in [0.3, 0.4) is 0 Å². The second kappa shape index (κ2) is 4.58. The molecule has 16 heavy (non-hydrogen) atoms. The molecule has 2 aliphatic rings. The molecule has 0 aromatic rings. The zero-order valence-electron chi connectivity index (χ0n) is 10.2. The van der Waals surface area contributed by atoms with Gasteiger partial charge in [-0.15, -0.1) is 6.58 Å². The van der Waals surface area contributed by atoms with E-state index in [0.29, 0.717) is 18.5 Å². The van der Waals surface area contributed by atoms with E-state index >= 15 is 0 Å². The van der Waals surface area contributed by atoms with Crippen LogP contribution in [0.1, 0.15) is 39.0 Å². The third kappa shape index (κ3) is 2.01. The van der Waals surface area contributed by atoms with Crippen LogP contribution in [-0.2, 0) is 4.79 Å². The highest BCUT2D eigenvalue weighted by atomic mass is 16.2. The first kappa shape index (κ1) is 11.6. The Morgan fingerprint density at radius 1 is 1.62 bits per heavy atom. The molecule has 90 valence electrons. The fourth-order valence-electron chi connectivity index (χ4n) is 2.64. The molecule has 1 atom stereocenters. The fraction of sp³-hybridized carbons (Fsp3) is 0.769. The van der Waals surface area contributed by atoms with E-state index in [-0.39, 0.29) is 5.54 Å². The Kier molecular flexibility index (Phi) is 3.33. The van der Waals surface area contributed by atoms with Crippen molar-refractivity contribution in [3.63, 3.8) is 0 Å². The number of nitrogens with one attached hydrogen (secondary N) is 1. The lowest BCUT2D eigenvalue weighted by atomic mass is 9.92. The molecule has 0 radical (unpaired) electrons. The molecule has 2 fully saturated rings. The van der Waals surface area contributed by atoms with Gasteiger partial charge in [0.25, 0.3) is 0 Å². The average Bonchev–Trinajstić information content (AvgIpc) is 3.02. The highest BCUT2D eigenvalue weighted by Crippen LogP contribution is 2.32. The van der Waals surface area contributed by atoms with Crippen LogP contribution in [0.5, 0.6) is 0 Å². The summed E-state index contributed by atoms with van der Waals surface area (Å²) < 4.78 is 0. The number of hydrogen-bond acceptors (Lipinski definition) is 2. The Bertz CT molecular complexity index is 278. The van der Waals surface area contributed by atoms with Gasteiger partial charge in [-0.05, 0) is 38.6 Å². The van der Waals surface area contributed by atoms with Crippen LogP contribution in [0.25, 0.3) is 0 Å². The zero-order chi connectivity index (χ0) is 11.6. The van der Waals surface area contributed by atoms with Crippen LogP contribution in [0, 0.1) is 0 Å². The van der Waals surface area contributed by atoms with Gasteiger partial charge in [-0.3, -0.25) is 4.79 Å². The number of rotatable bonds is 5. The molecular weight excluding hydrogens is 200 g/mol. The van der Waals surface area contributed by atoms with Crippen LogP contribution in [0.2, 0.25) is 0 Å². The Balaban J connectivity index is 2.10. The van der Waals surface area contributed by atoms with E-state index in [1.165, 1.54) is 12.8 Å². The summed E-state index contributed by atoms with van der Waals surface area (Å²) >= 11 is 0. The molecule has 0 spiro atoms. The van der Waals surface area contributed by atoms with Gasteiger partial charge in [0.15, 0.2) is 0 Å². The largest absolute Gasteiger partial charge is 0.334 e. The van der Waals surface area contributed by atoms with Gasteiger partial charge in [-0.2, -0.15) is 0 Å². The summed E-state index contributed by atoms with van der Waals surface area (Å²) in [7, 11) is 0. The number of amides is 1. The minimum absolute atomic E-state index is 0.272. The Morgan fingerprint density at radius 2 is 2.38 bits per heavy atom. The average molecular weight is 222 g/mol. The predicted molar refractivity (Wildman–Crippen MR) is 65.2 cm³/mol. The van der Waals surface area contributed by atoms with Crippen molar-refractivity contribution in [1.29, 1.82) is 0 Å². The molecule has 1 saturated carbocycles. The maximum absolute atomic E-state index is 12.6. The normalized spacial score (nSPS) is 29.1. The molecular formula is C13H22N2O. The van der Waals surface area contributed by atoms with Crippen molar-refractivity contribution in [2.75, 3.05) is 13.1 Å². The monoisotopic (exact) mass is 222 g/mol. The molecule has 3 heteroatoms. The highest BCUT2D eigenvalue weighted by Gasteiger charge is 2.45. The molecule has 1 unspecified atom stereocenters. The molecule has 1 heterocycles. The van der Waals surface area contributed by atoms with Gasteiger partial charge in [-0.1, -0.05) is 13.0 Å². The SMILES string of the molecule is C=CCN(C(=O)C1(CC)CCCN1)C1CC1. The minimum atomic E-state index is -0.272. The molecule has 1 saturated heterocycles. The second-order valence-corrected chi connectivity index (χ2v) is 4.94. The van der Waals surface area contributed by atoms with Crippen molar-refractivity contribution in [3.05, 3.63) is 12.7 Å². The lowest BCUT2D eigenvalue weighted by Crippen LogP contribution is -2.55. The third-order valence-corrected chi connectivity index (χ3v) is 3.83. The van der Waals surface area contributed by atoms with Crippen molar-refractivity contribution in [2.24, 2.45) is 0 Å². The first-order valence-corrected chi connectivity index (χ1v) is 6.40. The van der Waals surface area contributed by atoms with Crippen molar-refractivity contribution in [3.8, 4) is 0 Å². The van der Waals surface area contributed by atoms with Gasteiger partial charge in [-0.25, -0.2) is 0 Å². The predicted octanol–water partition coefficient (Wildman–Crippen LogP) is 1.70. The quantitative estimate of drug-likeness (QED) is 0.718. The van der Waals surface area contributed by atoms with Gasteiger partial charge in [0.2, 0.25) is 5.91 Å². The van der Waals surface area contributed by atoms with Crippen LogP contribution in [0.15, 0.2) is 12.7 Å². The molecule has 0 aromatic heterocycles. The molecule has 3 nitrogen and oxygen atoms in total. The van der Waals surface area contributed by atoms with Gasteiger partial charge < -0.3 is 10.2 Å². The number of hydrogen-bond donors (Lipinski definition) is 1. The van der Waals surface area contributed by atoms with E-state index in [4.69, 9.17) is 0 Å². The topological polar surface area (TPSA) is 32.3 Å². The minimum Gasteiger partial charge on any atom is -0.334 e. The third-order valence-electron chi connectivity index (χ3n) is 3.83. The van der Waals surface area contributed by atoms with E-state index in [1.807, 2.05) is 11.0 Å². The molecule has 0 bridgehead atoms. The molecule has 1 aliphatic carbocycles. The summed E-state index contributed by atoms with van der Waals surface area (Å²) in [5, 5.41) is 3.42. The lowest BCUT2D eigenvalue weighted by Gasteiger charge is -2.33. The molecule has 1 N–H and O–H groups in total. The lowest BCUT2D eigenvalue weighted by molar-refractivity contribution is -0.138. The van der Waals surface area contributed by atoms with Crippen LogP contribution < -0.4 is 5.32 Å². The number of nitrogens with zero attached hydrogens (tertiary/aromatic N) is 1. The van der Waals surface area contributed by atoms with Crippen LogP contribution >= 0.6 is 0 Å². The maximum atomic E-state index is 12.6. The zero-order valence-corrected chi connectivity index (χ0v) is 10.2. The van der Waals surface area contributed by atoms with E-state index in [2.05, 4.69) is 18.8 Å².